The van der Waals surface area contributed by atoms with Gasteiger partial charge in [0.2, 0.25) is 11.8 Å². The third kappa shape index (κ3) is 3.70. The molecule has 2 amide bonds. The van der Waals surface area contributed by atoms with E-state index < -0.39 is 0 Å². The molecule has 0 aliphatic carbocycles. The summed E-state index contributed by atoms with van der Waals surface area (Å²) in [6.45, 7) is 7.10. The Morgan fingerprint density at radius 3 is 2.94 bits per heavy atom. The second-order valence-electron chi connectivity index (χ2n) is 4.36. The second kappa shape index (κ2) is 6.96. The van der Waals surface area contributed by atoms with Crippen LogP contribution in [0.4, 0.5) is 0 Å². The Balaban J connectivity index is 2.53. The van der Waals surface area contributed by atoms with Crippen molar-refractivity contribution in [2.75, 3.05) is 19.6 Å². The van der Waals surface area contributed by atoms with Crippen molar-refractivity contribution in [2.24, 2.45) is 11.7 Å². The lowest BCUT2D eigenvalue weighted by molar-refractivity contribution is -0.127. The average molecular weight is 251 g/mol. The monoisotopic (exact) mass is 251 g/mol. The van der Waals surface area contributed by atoms with Crippen molar-refractivity contribution < 1.29 is 9.59 Å². The first-order valence-electron chi connectivity index (χ1n) is 6.20. The summed E-state index contributed by atoms with van der Waals surface area (Å²) in [4.78, 5) is 25.1. The normalized spacial score (nSPS) is 20.1. The van der Waals surface area contributed by atoms with Crippen molar-refractivity contribution in [3.63, 3.8) is 0 Å². The maximum Gasteiger partial charge on any atom is 0.246 e. The number of nitrogens with zero attached hydrogens (tertiary/aromatic N) is 1. The maximum atomic E-state index is 11.8. The molecule has 1 aliphatic heterocycles. The fourth-order valence-electron chi connectivity index (χ4n) is 1.88. The summed E-state index contributed by atoms with van der Waals surface area (Å²) >= 11 is 0. The molecule has 1 aliphatic rings. The van der Waals surface area contributed by atoms with E-state index in [9.17, 15) is 9.59 Å². The number of carbonyl (C=O) groups is 2. The van der Waals surface area contributed by atoms with Crippen molar-refractivity contribution >= 4 is 11.8 Å². The van der Waals surface area contributed by atoms with Gasteiger partial charge >= 0.3 is 0 Å². The predicted molar refractivity (Wildman–Crippen MR) is 70.5 cm³/mol. The Kier molecular flexibility index (Phi) is 5.58. The van der Waals surface area contributed by atoms with Gasteiger partial charge in [0.25, 0.3) is 0 Å². The van der Waals surface area contributed by atoms with Crippen LogP contribution in [0.1, 0.15) is 19.8 Å². The van der Waals surface area contributed by atoms with Gasteiger partial charge in [0.15, 0.2) is 0 Å². The number of rotatable bonds is 6. The molecule has 5 nitrogen and oxygen atoms in total. The lowest BCUT2D eigenvalue weighted by Gasteiger charge is -2.09. The lowest BCUT2D eigenvalue weighted by atomic mass is 10.0. The van der Waals surface area contributed by atoms with Gasteiger partial charge in [0, 0.05) is 18.7 Å². The molecular formula is C13H21N3O2. The van der Waals surface area contributed by atoms with Crippen LogP contribution in [0.2, 0.25) is 0 Å². The number of carbonyl (C=O) groups excluding carboxylic acids is 2. The van der Waals surface area contributed by atoms with Gasteiger partial charge in [-0.05, 0) is 32.5 Å². The van der Waals surface area contributed by atoms with E-state index in [4.69, 9.17) is 5.73 Å². The SMILES string of the molecule is C=CN1CCC(/C=C(\C)C(=O)NCCCN)C1=O. The van der Waals surface area contributed by atoms with Crippen molar-refractivity contribution in [2.45, 2.75) is 19.8 Å². The van der Waals surface area contributed by atoms with E-state index in [0.717, 1.165) is 12.8 Å². The van der Waals surface area contributed by atoms with Crippen LogP contribution in [0.3, 0.4) is 0 Å². The Labute approximate surface area is 108 Å². The number of amides is 2. The topological polar surface area (TPSA) is 75.4 Å². The van der Waals surface area contributed by atoms with Crippen LogP contribution in [0, 0.1) is 5.92 Å². The highest BCUT2D eigenvalue weighted by molar-refractivity contribution is 5.94. The van der Waals surface area contributed by atoms with E-state index in [0.29, 0.717) is 25.2 Å². The summed E-state index contributed by atoms with van der Waals surface area (Å²) < 4.78 is 0. The molecule has 0 saturated carbocycles. The largest absolute Gasteiger partial charge is 0.352 e. The highest BCUT2D eigenvalue weighted by atomic mass is 16.2. The molecule has 0 bridgehead atoms. The molecule has 0 aromatic heterocycles. The van der Waals surface area contributed by atoms with Crippen LogP contribution in [0.5, 0.6) is 0 Å². The van der Waals surface area contributed by atoms with E-state index in [1.165, 1.54) is 6.20 Å². The molecule has 1 fully saturated rings. The Bertz CT molecular complexity index is 363. The molecule has 0 spiro atoms. The second-order valence-corrected chi connectivity index (χ2v) is 4.36. The molecule has 100 valence electrons. The van der Waals surface area contributed by atoms with E-state index in [-0.39, 0.29) is 17.7 Å². The van der Waals surface area contributed by atoms with Gasteiger partial charge in [-0.1, -0.05) is 12.7 Å². The summed E-state index contributed by atoms with van der Waals surface area (Å²) in [5, 5.41) is 2.77. The summed E-state index contributed by atoms with van der Waals surface area (Å²) in [7, 11) is 0. The smallest absolute Gasteiger partial charge is 0.246 e. The zero-order valence-corrected chi connectivity index (χ0v) is 10.8. The molecule has 1 heterocycles. The van der Waals surface area contributed by atoms with Gasteiger partial charge in [-0.15, -0.1) is 0 Å². The first-order chi connectivity index (χ1) is 8.60. The van der Waals surface area contributed by atoms with Crippen molar-refractivity contribution in [1.29, 1.82) is 0 Å². The quantitative estimate of drug-likeness (QED) is 0.529. The first-order valence-corrected chi connectivity index (χ1v) is 6.20. The van der Waals surface area contributed by atoms with Crippen LogP contribution in [0.25, 0.3) is 0 Å². The molecule has 1 atom stereocenters. The molecule has 0 aromatic carbocycles. The minimum atomic E-state index is -0.205. The third-order valence-corrected chi connectivity index (χ3v) is 2.98. The Hall–Kier alpha value is -1.62. The molecule has 5 heteroatoms. The number of nitrogens with one attached hydrogen (secondary N) is 1. The van der Waals surface area contributed by atoms with Crippen molar-refractivity contribution in [3.8, 4) is 0 Å². The Morgan fingerprint density at radius 2 is 2.39 bits per heavy atom. The molecule has 3 N–H and O–H groups in total. The molecule has 1 saturated heterocycles. The molecule has 0 aromatic rings. The maximum absolute atomic E-state index is 11.8. The first kappa shape index (κ1) is 14.4. The van der Waals surface area contributed by atoms with Gasteiger partial charge in [0.1, 0.15) is 0 Å². The standard InChI is InChI=1S/C13H21N3O2/c1-3-16-8-5-11(13(16)18)9-10(2)12(17)15-7-4-6-14/h3,9,11H,1,4-8,14H2,2H3,(H,15,17)/b10-9+. The van der Waals surface area contributed by atoms with Crippen molar-refractivity contribution in [3.05, 3.63) is 24.4 Å². The lowest BCUT2D eigenvalue weighted by Crippen LogP contribution is -2.27. The van der Waals surface area contributed by atoms with E-state index in [2.05, 4.69) is 11.9 Å². The summed E-state index contributed by atoms with van der Waals surface area (Å²) in [5.74, 6) is -0.323. The zero-order chi connectivity index (χ0) is 13.5. The van der Waals surface area contributed by atoms with E-state index in [1.54, 1.807) is 17.9 Å². The zero-order valence-electron chi connectivity index (χ0n) is 10.8. The summed E-state index contributed by atoms with van der Waals surface area (Å²) in [6, 6.07) is 0. The number of hydrogen-bond acceptors (Lipinski definition) is 3. The van der Waals surface area contributed by atoms with E-state index in [1.807, 2.05) is 0 Å². The predicted octanol–water partition coefficient (Wildman–Crippen LogP) is 0.390. The number of hydrogen-bond donors (Lipinski definition) is 2. The third-order valence-electron chi connectivity index (χ3n) is 2.98. The van der Waals surface area contributed by atoms with Gasteiger partial charge in [0.05, 0.1) is 5.92 Å². The van der Waals surface area contributed by atoms with Gasteiger partial charge in [-0.25, -0.2) is 0 Å². The Morgan fingerprint density at radius 1 is 1.67 bits per heavy atom. The molecule has 18 heavy (non-hydrogen) atoms. The van der Waals surface area contributed by atoms with Gasteiger partial charge in [-0.2, -0.15) is 0 Å². The summed E-state index contributed by atoms with van der Waals surface area (Å²) in [6.07, 6.45) is 4.76. The average Bonchev–Trinajstić information content (AvgIpc) is 2.70. The van der Waals surface area contributed by atoms with Crippen LogP contribution >= 0.6 is 0 Å². The fourth-order valence-corrected chi connectivity index (χ4v) is 1.88. The van der Waals surface area contributed by atoms with Crippen LogP contribution in [-0.2, 0) is 9.59 Å². The van der Waals surface area contributed by atoms with Gasteiger partial charge in [-0.3, -0.25) is 9.59 Å². The number of nitrogens with two attached hydrogens (primary N) is 1. The number of likely N-dealkylation sites (tertiary alicyclic amines) is 1. The van der Waals surface area contributed by atoms with Crippen LogP contribution in [0.15, 0.2) is 24.4 Å². The highest BCUT2D eigenvalue weighted by Crippen LogP contribution is 2.20. The highest BCUT2D eigenvalue weighted by Gasteiger charge is 2.28. The van der Waals surface area contributed by atoms with Crippen molar-refractivity contribution in [1.82, 2.24) is 10.2 Å². The molecule has 1 unspecified atom stereocenters. The van der Waals surface area contributed by atoms with E-state index >= 15 is 0 Å². The molecule has 0 radical (unpaired) electrons. The fraction of sp³-hybridized carbons (Fsp3) is 0.538. The van der Waals surface area contributed by atoms with Crippen LogP contribution < -0.4 is 11.1 Å². The van der Waals surface area contributed by atoms with Crippen LogP contribution in [-0.4, -0.2) is 36.3 Å². The van der Waals surface area contributed by atoms with Gasteiger partial charge < -0.3 is 16.0 Å². The molecule has 1 rings (SSSR count). The minimum Gasteiger partial charge on any atom is -0.352 e. The minimum absolute atomic E-state index is 0.0131. The summed E-state index contributed by atoms with van der Waals surface area (Å²) in [5.41, 5.74) is 5.93. The molecular weight excluding hydrogens is 230 g/mol.